The van der Waals surface area contributed by atoms with Gasteiger partial charge in [-0.2, -0.15) is 30.0 Å². The summed E-state index contributed by atoms with van der Waals surface area (Å²) in [6, 6.07) is 69.9. The Bertz CT molecular complexity index is 3520. The molecule has 0 radical (unpaired) electrons. The van der Waals surface area contributed by atoms with Crippen LogP contribution in [0.1, 0.15) is 11.1 Å². The van der Waals surface area contributed by atoms with Crippen LogP contribution in [0.2, 0.25) is 0 Å². The number of aromatic nitrogens is 1. The fourth-order valence-corrected chi connectivity index (χ4v) is 10.1. The minimum Gasteiger partial charge on any atom is -0.311 e. The number of fused-ring (bicyclic) bond motifs is 7. The molecule has 1 aromatic heterocycles. The summed E-state index contributed by atoms with van der Waals surface area (Å²) < 4.78 is 2.10. The number of hydrogen-bond acceptors (Lipinski definition) is 9. The summed E-state index contributed by atoms with van der Waals surface area (Å²) in [6.07, 6.45) is 0. The molecule has 6 heterocycles. The van der Waals surface area contributed by atoms with Crippen LogP contribution in [0.5, 0.6) is 0 Å². The Balaban J connectivity index is 1.04. The molecule has 0 unspecified atom stereocenters. The van der Waals surface area contributed by atoms with Crippen LogP contribution in [0.4, 0.5) is 34.1 Å². The zero-order chi connectivity index (χ0) is 42.6. The minimum absolute atomic E-state index is 0.0284. The molecule has 302 valence electrons. The summed E-state index contributed by atoms with van der Waals surface area (Å²) in [4.78, 5) is 37.7. The maximum absolute atomic E-state index is 5.34. The van der Waals surface area contributed by atoms with E-state index in [1.807, 2.05) is 42.5 Å². The maximum atomic E-state index is 5.34. The van der Waals surface area contributed by atoms with E-state index in [0.29, 0.717) is 35.5 Å². The van der Waals surface area contributed by atoms with E-state index in [9.17, 15) is 0 Å². The molecule has 65 heavy (non-hydrogen) atoms. The van der Waals surface area contributed by atoms with E-state index >= 15 is 0 Å². The van der Waals surface area contributed by atoms with E-state index in [1.165, 1.54) is 16.4 Å². The van der Waals surface area contributed by atoms with Gasteiger partial charge in [0.2, 0.25) is 23.8 Å². The van der Waals surface area contributed by atoms with Gasteiger partial charge in [0.25, 0.3) is 6.71 Å². The number of guanidine groups is 3. The fraction of sp³-hybridized carbons (Fsp3) is 0. The normalized spacial score (nSPS) is 15.5. The second-order valence-corrected chi connectivity index (χ2v) is 16.4. The Morgan fingerprint density at radius 1 is 0.323 bits per heavy atom. The molecule has 0 aliphatic carbocycles. The Hall–Kier alpha value is -8.96. The van der Waals surface area contributed by atoms with Crippen molar-refractivity contribution in [2.24, 2.45) is 30.0 Å². The number of nitrogens with zero attached hydrogens (tertiary/aromatic N) is 10. The highest BCUT2D eigenvalue weighted by molar-refractivity contribution is 7.00. The van der Waals surface area contributed by atoms with Crippen LogP contribution < -0.4 is 26.2 Å². The molecule has 0 fully saturated rings. The molecule has 0 atom stereocenters. The van der Waals surface area contributed by atoms with Crippen LogP contribution in [0.25, 0.3) is 21.8 Å². The zero-order valence-electron chi connectivity index (χ0n) is 34.6. The average molecular weight is 833 g/mol. The van der Waals surface area contributed by atoms with Crippen molar-refractivity contribution in [1.29, 1.82) is 0 Å². The van der Waals surface area contributed by atoms with Crippen molar-refractivity contribution in [3.05, 3.63) is 211 Å². The number of aliphatic imine (C=N–C) groups is 6. The predicted octanol–water partition coefficient (Wildman–Crippen LogP) is 9.39. The van der Waals surface area contributed by atoms with Crippen LogP contribution in [0.15, 0.2) is 230 Å². The van der Waals surface area contributed by atoms with Gasteiger partial charge in [-0.25, -0.2) is 4.90 Å². The number of para-hydroxylation sites is 6. The third kappa shape index (κ3) is 5.29. The minimum atomic E-state index is -0.0284. The molecule has 0 spiro atoms. The SMILES string of the molecule is c1ccc(C2=NC3=NC(n4c5ccccc5c5ccccc54)=NC4=NC(c5cc6c7c(c5)N(c5ccccc5)c5ccccc5B7c5ccccc5N6c5ccccc5)=NC(=N2)N43)cc1. The van der Waals surface area contributed by atoms with E-state index in [-0.39, 0.29) is 6.71 Å². The first-order chi connectivity index (χ1) is 32.2. The van der Waals surface area contributed by atoms with Crippen molar-refractivity contribution in [2.45, 2.75) is 0 Å². The van der Waals surface area contributed by atoms with Crippen molar-refractivity contribution < 1.29 is 0 Å². The lowest BCUT2D eigenvalue weighted by Crippen LogP contribution is -2.61. The van der Waals surface area contributed by atoms with E-state index in [4.69, 9.17) is 30.0 Å². The van der Waals surface area contributed by atoms with Crippen molar-refractivity contribution in [3.8, 4) is 0 Å². The molecule has 11 heteroatoms. The molecule has 9 aromatic rings. The first-order valence-corrected chi connectivity index (χ1v) is 21.7. The Morgan fingerprint density at radius 2 is 0.754 bits per heavy atom. The molecular formula is C54H33BN10. The van der Waals surface area contributed by atoms with Crippen LogP contribution in [-0.4, -0.2) is 51.7 Å². The maximum Gasteiger partial charge on any atom is 0.252 e. The highest BCUT2D eigenvalue weighted by Gasteiger charge is 2.44. The van der Waals surface area contributed by atoms with Gasteiger partial charge < -0.3 is 9.80 Å². The lowest BCUT2D eigenvalue weighted by atomic mass is 9.33. The van der Waals surface area contributed by atoms with Crippen LogP contribution >= 0.6 is 0 Å². The number of anilines is 6. The molecule has 0 N–H and O–H groups in total. The monoisotopic (exact) mass is 832 g/mol. The van der Waals surface area contributed by atoms with Crippen LogP contribution in [0, 0.1) is 0 Å². The van der Waals surface area contributed by atoms with E-state index < -0.39 is 0 Å². The number of rotatable bonds is 4. The van der Waals surface area contributed by atoms with Gasteiger partial charge in [-0.05, 0) is 77.1 Å². The lowest BCUT2D eigenvalue weighted by Gasteiger charge is -2.44. The Kier molecular flexibility index (Phi) is 7.55. The van der Waals surface area contributed by atoms with Gasteiger partial charge >= 0.3 is 0 Å². The molecular weight excluding hydrogens is 799 g/mol. The number of hydrogen-bond donors (Lipinski definition) is 0. The molecule has 10 nitrogen and oxygen atoms in total. The smallest absolute Gasteiger partial charge is 0.252 e. The molecule has 14 rings (SSSR count). The quantitative estimate of drug-likeness (QED) is 0.166. The molecule has 5 aliphatic heterocycles. The zero-order valence-corrected chi connectivity index (χ0v) is 34.6. The van der Waals surface area contributed by atoms with Crippen molar-refractivity contribution in [2.75, 3.05) is 9.80 Å². The highest BCUT2D eigenvalue weighted by Crippen LogP contribution is 2.45. The molecule has 0 saturated heterocycles. The summed E-state index contributed by atoms with van der Waals surface area (Å²) in [6.45, 7) is -0.0284. The van der Waals surface area contributed by atoms with E-state index in [0.717, 1.165) is 67.1 Å². The predicted molar refractivity (Wildman–Crippen MR) is 266 cm³/mol. The second kappa shape index (κ2) is 13.8. The van der Waals surface area contributed by atoms with Gasteiger partial charge in [-0.3, -0.25) is 4.57 Å². The average Bonchev–Trinajstić information content (AvgIpc) is 3.71. The number of amidine groups is 2. The topological polar surface area (TPSA) is 88.8 Å². The van der Waals surface area contributed by atoms with Gasteiger partial charge in [-0.1, -0.05) is 140 Å². The van der Waals surface area contributed by atoms with Gasteiger partial charge in [0.1, 0.15) is 0 Å². The number of benzene rings is 8. The Morgan fingerprint density at radius 3 is 1.32 bits per heavy atom. The summed E-state index contributed by atoms with van der Waals surface area (Å²) in [5.74, 6) is 2.60. The molecule has 8 aromatic carbocycles. The third-order valence-electron chi connectivity index (χ3n) is 12.8. The van der Waals surface area contributed by atoms with Crippen molar-refractivity contribution in [1.82, 2.24) is 9.47 Å². The highest BCUT2D eigenvalue weighted by atomic mass is 15.5. The second-order valence-electron chi connectivity index (χ2n) is 16.4. The largest absolute Gasteiger partial charge is 0.311 e. The fourth-order valence-electron chi connectivity index (χ4n) is 10.1. The molecule has 5 aliphatic rings. The first-order valence-electron chi connectivity index (χ1n) is 21.7. The van der Waals surface area contributed by atoms with Crippen LogP contribution in [0.3, 0.4) is 0 Å². The van der Waals surface area contributed by atoms with Crippen molar-refractivity contribution in [3.63, 3.8) is 0 Å². The molecule has 0 saturated carbocycles. The molecule has 0 amide bonds. The third-order valence-corrected chi connectivity index (χ3v) is 12.8. The van der Waals surface area contributed by atoms with Gasteiger partial charge in [0, 0.05) is 56.0 Å². The standard InChI is InChI=1S/C54H33BN10/c1-4-18-34(19-5-1)49-56-51-58-50(59-53-61-54(60-52(57-49)65(51)53)64-42-28-14-10-24-38(42)39-25-11-15-29-43(39)64)35-32-46-48-47(33-35)63(37-22-8-3-9-23-37)45-31-17-13-27-41(45)55(48)40-26-12-16-30-44(40)62(46)36-20-6-2-7-21-36/h1-33H. The Labute approximate surface area is 373 Å². The summed E-state index contributed by atoms with van der Waals surface area (Å²) in [7, 11) is 0. The van der Waals surface area contributed by atoms with Gasteiger partial charge in [0.05, 0.1) is 11.0 Å². The molecule has 0 bridgehead atoms. The van der Waals surface area contributed by atoms with Gasteiger partial charge in [-0.15, -0.1) is 0 Å². The first kappa shape index (κ1) is 35.6. The van der Waals surface area contributed by atoms with Crippen LogP contribution in [-0.2, 0) is 0 Å². The summed E-state index contributed by atoms with van der Waals surface area (Å²) in [5, 5.41) is 2.21. The van der Waals surface area contributed by atoms with Gasteiger partial charge in [0.15, 0.2) is 11.7 Å². The van der Waals surface area contributed by atoms with E-state index in [2.05, 4.69) is 172 Å². The summed E-state index contributed by atoms with van der Waals surface area (Å²) in [5.41, 5.74) is 13.8. The summed E-state index contributed by atoms with van der Waals surface area (Å²) >= 11 is 0. The lowest BCUT2D eigenvalue weighted by molar-refractivity contribution is 0.823. The van der Waals surface area contributed by atoms with Crippen molar-refractivity contribution >= 4 is 115 Å². The van der Waals surface area contributed by atoms with E-state index in [1.54, 1.807) is 4.90 Å².